The Labute approximate surface area is 130 Å². The monoisotopic (exact) mass is 306 g/mol. The fraction of sp³-hybridized carbons (Fsp3) is 0.588. The Morgan fingerprint density at radius 2 is 1.82 bits per heavy atom. The molecule has 4 nitrogen and oxygen atoms in total. The summed E-state index contributed by atoms with van der Waals surface area (Å²) in [5.74, 6) is -0.174. The van der Waals surface area contributed by atoms with Gasteiger partial charge in [0.1, 0.15) is 5.82 Å². The fourth-order valence-electron chi connectivity index (χ4n) is 3.66. The highest BCUT2D eigenvalue weighted by atomic mass is 19.1. The van der Waals surface area contributed by atoms with Crippen LogP contribution in [0, 0.1) is 11.7 Å². The molecule has 22 heavy (non-hydrogen) atoms. The highest BCUT2D eigenvalue weighted by Crippen LogP contribution is 2.35. The number of carbonyl (C=O) groups is 1. The second-order valence-electron chi connectivity index (χ2n) is 6.56. The largest absolute Gasteiger partial charge is 0.391 e. The van der Waals surface area contributed by atoms with Gasteiger partial charge in [-0.15, -0.1) is 0 Å². The third-order valence-corrected chi connectivity index (χ3v) is 4.94. The summed E-state index contributed by atoms with van der Waals surface area (Å²) in [6.07, 6.45) is 3.42. The molecule has 1 aromatic carbocycles. The standard InChI is InChI=1S/C17H23FN2O2/c18-13-5-1-11(2-6-13)16-9-15(21)10-20(16)17(22)12-3-7-14(19)8-4-12/h1-2,5-6,12,14-16,21H,3-4,7-10,19H2/t12?,14?,15?,16-/m1/s1. The number of halogens is 1. The summed E-state index contributed by atoms with van der Waals surface area (Å²) in [5.41, 5.74) is 6.79. The van der Waals surface area contributed by atoms with E-state index in [9.17, 15) is 14.3 Å². The summed E-state index contributed by atoms with van der Waals surface area (Å²) < 4.78 is 13.1. The lowest BCUT2D eigenvalue weighted by Crippen LogP contribution is -2.39. The highest BCUT2D eigenvalue weighted by Gasteiger charge is 2.38. The molecule has 1 saturated carbocycles. The van der Waals surface area contributed by atoms with Gasteiger partial charge in [0.2, 0.25) is 5.91 Å². The topological polar surface area (TPSA) is 66.6 Å². The van der Waals surface area contributed by atoms with Crippen molar-refractivity contribution in [2.75, 3.05) is 6.54 Å². The first-order valence-electron chi connectivity index (χ1n) is 8.04. The molecule has 1 saturated heterocycles. The highest BCUT2D eigenvalue weighted by molar-refractivity contribution is 5.80. The zero-order chi connectivity index (χ0) is 15.7. The van der Waals surface area contributed by atoms with Crippen LogP contribution in [0.5, 0.6) is 0 Å². The van der Waals surface area contributed by atoms with Gasteiger partial charge in [-0.05, 0) is 49.8 Å². The smallest absolute Gasteiger partial charge is 0.226 e. The number of hydrogen-bond acceptors (Lipinski definition) is 3. The first kappa shape index (κ1) is 15.4. The fourth-order valence-corrected chi connectivity index (χ4v) is 3.66. The zero-order valence-electron chi connectivity index (χ0n) is 12.6. The van der Waals surface area contributed by atoms with E-state index in [1.165, 1.54) is 12.1 Å². The molecule has 0 radical (unpaired) electrons. The minimum Gasteiger partial charge on any atom is -0.391 e. The van der Waals surface area contributed by atoms with Crippen LogP contribution < -0.4 is 5.73 Å². The molecule has 2 aliphatic rings. The minimum atomic E-state index is -0.509. The normalized spacial score (nSPS) is 32.2. The van der Waals surface area contributed by atoms with Crippen LogP contribution in [0.2, 0.25) is 0 Å². The van der Waals surface area contributed by atoms with Gasteiger partial charge in [0.05, 0.1) is 12.1 Å². The Hall–Kier alpha value is -1.46. The van der Waals surface area contributed by atoms with E-state index in [2.05, 4.69) is 0 Å². The molecule has 1 aliphatic carbocycles. The lowest BCUT2D eigenvalue weighted by Gasteiger charge is -2.32. The van der Waals surface area contributed by atoms with Crippen LogP contribution in [-0.2, 0) is 4.79 Å². The summed E-state index contributed by atoms with van der Waals surface area (Å²) >= 11 is 0. The predicted octanol–water partition coefficient (Wildman–Crippen LogP) is 1.98. The van der Waals surface area contributed by atoms with E-state index in [4.69, 9.17) is 5.73 Å². The number of amides is 1. The zero-order valence-corrected chi connectivity index (χ0v) is 12.6. The summed E-state index contributed by atoms with van der Waals surface area (Å²) in [6, 6.07) is 6.27. The molecule has 1 unspecified atom stereocenters. The summed E-state index contributed by atoms with van der Waals surface area (Å²) in [4.78, 5) is 14.6. The average Bonchev–Trinajstić information content (AvgIpc) is 2.90. The first-order chi connectivity index (χ1) is 10.5. The van der Waals surface area contributed by atoms with Gasteiger partial charge in [-0.1, -0.05) is 12.1 Å². The maximum absolute atomic E-state index is 13.1. The summed E-state index contributed by atoms with van der Waals surface area (Å²) in [7, 11) is 0. The van der Waals surface area contributed by atoms with Crippen molar-refractivity contribution in [1.82, 2.24) is 4.90 Å². The molecule has 3 rings (SSSR count). The number of benzene rings is 1. The molecule has 1 aliphatic heterocycles. The van der Waals surface area contributed by atoms with Crippen LogP contribution in [0.1, 0.15) is 43.7 Å². The lowest BCUT2D eigenvalue weighted by atomic mass is 9.85. The van der Waals surface area contributed by atoms with Crippen molar-refractivity contribution in [3.05, 3.63) is 35.6 Å². The van der Waals surface area contributed by atoms with Crippen molar-refractivity contribution in [3.63, 3.8) is 0 Å². The minimum absolute atomic E-state index is 0.00745. The van der Waals surface area contributed by atoms with Crippen molar-refractivity contribution in [3.8, 4) is 0 Å². The Morgan fingerprint density at radius 3 is 2.45 bits per heavy atom. The number of likely N-dealkylation sites (tertiary alicyclic amines) is 1. The maximum Gasteiger partial charge on any atom is 0.226 e. The number of carbonyl (C=O) groups excluding carboxylic acids is 1. The van der Waals surface area contributed by atoms with Crippen molar-refractivity contribution in [2.24, 2.45) is 11.7 Å². The van der Waals surface area contributed by atoms with Gasteiger partial charge >= 0.3 is 0 Å². The van der Waals surface area contributed by atoms with E-state index in [1.54, 1.807) is 17.0 Å². The number of aliphatic hydroxyl groups excluding tert-OH is 1. The van der Waals surface area contributed by atoms with Crippen LogP contribution in [0.4, 0.5) is 4.39 Å². The summed E-state index contributed by atoms with van der Waals surface area (Å²) in [5, 5.41) is 9.99. The molecule has 0 spiro atoms. The SMILES string of the molecule is NC1CCC(C(=O)N2CC(O)C[C@@H]2c2ccc(F)cc2)CC1. The third-order valence-electron chi connectivity index (χ3n) is 4.94. The van der Waals surface area contributed by atoms with Gasteiger partial charge in [-0.2, -0.15) is 0 Å². The average molecular weight is 306 g/mol. The molecule has 0 aromatic heterocycles. The van der Waals surface area contributed by atoms with Crippen molar-refractivity contribution in [2.45, 2.75) is 50.3 Å². The van der Waals surface area contributed by atoms with Gasteiger partial charge in [-0.25, -0.2) is 4.39 Å². The Kier molecular flexibility index (Phi) is 4.45. The molecule has 3 N–H and O–H groups in total. The van der Waals surface area contributed by atoms with E-state index in [0.29, 0.717) is 13.0 Å². The molecule has 1 amide bonds. The van der Waals surface area contributed by atoms with Crippen LogP contribution in [-0.4, -0.2) is 34.6 Å². The maximum atomic E-state index is 13.1. The molecular formula is C17H23FN2O2. The van der Waals surface area contributed by atoms with E-state index >= 15 is 0 Å². The van der Waals surface area contributed by atoms with Gasteiger partial charge in [-0.3, -0.25) is 4.79 Å². The second-order valence-corrected chi connectivity index (χ2v) is 6.56. The van der Waals surface area contributed by atoms with E-state index in [-0.39, 0.29) is 29.7 Å². The molecular weight excluding hydrogens is 283 g/mol. The number of aliphatic hydroxyl groups is 1. The molecule has 2 atom stereocenters. The summed E-state index contributed by atoms with van der Waals surface area (Å²) in [6.45, 7) is 0.365. The van der Waals surface area contributed by atoms with Crippen LogP contribution >= 0.6 is 0 Å². The lowest BCUT2D eigenvalue weighted by molar-refractivity contribution is -0.138. The Balaban J connectivity index is 1.75. The molecule has 2 fully saturated rings. The molecule has 0 bridgehead atoms. The van der Waals surface area contributed by atoms with Crippen molar-refractivity contribution < 1.29 is 14.3 Å². The number of hydrogen-bond donors (Lipinski definition) is 2. The van der Waals surface area contributed by atoms with Crippen LogP contribution in [0.25, 0.3) is 0 Å². The molecule has 120 valence electrons. The van der Waals surface area contributed by atoms with Gasteiger partial charge in [0.25, 0.3) is 0 Å². The number of rotatable bonds is 2. The van der Waals surface area contributed by atoms with E-state index in [0.717, 1.165) is 31.2 Å². The molecule has 1 aromatic rings. The van der Waals surface area contributed by atoms with E-state index < -0.39 is 6.10 Å². The van der Waals surface area contributed by atoms with E-state index in [1.807, 2.05) is 0 Å². The first-order valence-corrected chi connectivity index (χ1v) is 8.04. The molecule has 1 heterocycles. The van der Waals surface area contributed by atoms with Gasteiger partial charge in [0.15, 0.2) is 0 Å². The van der Waals surface area contributed by atoms with Crippen molar-refractivity contribution >= 4 is 5.91 Å². The second kappa shape index (κ2) is 6.34. The quantitative estimate of drug-likeness (QED) is 0.878. The predicted molar refractivity (Wildman–Crippen MR) is 81.4 cm³/mol. The van der Waals surface area contributed by atoms with Crippen molar-refractivity contribution in [1.29, 1.82) is 0 Å². The number of nitrogens with two attached hydrogens (primary N) is 1. The van der Waals surface area contributed by atoms with Gasteiger partial charge in [0, 0.05) is 18.5 Å². The number of β-amino-alcohol motifs (C(OH)–C–C–N with tert-alkyl or cyclic N) is 1. The van der Waals surface area contributed by atoms with Gasteiger partial charge < -0.3 is 15.7 Å². The number of nitrogens with zero attached hydrogens (tertiary/aromatic N) is 1. The van der Waals surface area contributed by atoms with Crippen LogP contribution in [0.3, 0.4) is 0 Å². The molecule has 5 heteroatoms. The third kappa shape index (κ3) is 3.15. The Morgan fingerprint density at radius 1 is 1.18 bits per heavy atom. The Bertz CT molecular complexity index is 526. The van der Waals surface area contributed by atoms with Crippen LogP contribution in [0.15, 0.2) is 24.3 Å².